The van der Waals surface area contributed by atoms with Gasteiger partial charge in [-0.25, -0.2) is 18.6 Å². The summed E-state index contributed by atoms with van der Waals surface area (Å²) in [7, 11) is 2.04. The lowest BCUT2D eigenvalue weighted by Gasteiger charge is -2.30. The van der Waals surface area contributed by atoms with Crippen LogP contribution in [-0.4, -0.2) is 77.2 Å². The van der Waals surface area contributed by atoms with E-state index < -0.39 is 23.7 Å². The number of amides is 1. The van der Waals surface area contributed by atoms with Gasteiger partial charge in [0.1, 0.15) is 23.8 Å². The number of benzene rings is 3. The Kier molecular flexibility index (Phi) is 11.4. The number of likely N-dealkylation sites (tertiary alicyclic amines) is 1. The van der Waals surface area contributed by atoms with Gasteiger partial charge in [-0.1, -0.05) is 12.1 Å². The van der Waals surface area contributed by atoms with E-state index in [-0.39, 0.29) is 11.9 Å². The number of anilines is 2. The Morgan fingerprint density at radius 2 is 1.70 bits per heavy atom. The molecule has 11 heteroatoms. The summed E-state index contributed by atoms with van der Waals surface area (Å²) in [5.74, 6) is -0.931. The number of nitrogens with zero attached hydrogens (tertiary/aromatic N) is 4. The summed E-state index contributed by atoms with van der Waals surface area (Å²) in [6, 6.07) is 16.8. The van der Waals surface area contributed by atoms with Crippen LogP contribution in [0.4, 0.5) is 20.2 Å². The topological polar surface area (TPSA) is 79.7 Å². The molecule has 8 nitrogen and oxygen atoms in total. The van der Waals surface area contributed by atoms with E-state index in [2.05, 4.69) is 15.2 Å². The van der Waals surface area contributed by atoms with Gasteiger partial charge in [0.25, 0.3) is 5.91 Å². The van der Waals surface area contributed by atoms with E-state index in [1.54, 1.807) is 54.6 Å². The van der Waals surface area contributed by atoms with Crippen molar-refractivity contribution < 1.29 is 23.1 Å². The molecule has 1 amide bonds. The van der Waals surface area contributed by atoms with Crippen LogP contribution in [0, 0.1) is 11.6 Å². The second-order valence-corrected chi connectivity index (χ2v) is 12.4. The minimum atomic E-state index is -0.814. The third-order valence-electron chi connectivity index (χ3n) is 8.14. The lowest BCUT2D eigenvalue weighted by atomic mass is 9.97. The van der Waals surface area contributed by atoms with Gasteiger partial charge in [0.2, 0.25) is 0 Å². The van der Waals surface area contributed by atoms with Crippen molar-refractivity contribution in [3.63, 3.8) is 0 Å². The molecule has 1 aliphatic heterocycles. The molecule has 0 bridgehead atoms. The molecule has 46 heavy (non-hydrogen) atoms. The SMILES string of the molecule is CSCC[C@H](NC(=O)c1ccc(N(CCn2ccnc2)c2ccc(F)cc2)cc1-c1ccc(F)cc1)C(=O)OC1CCN(C)CC1. The largest absolute Gasteiger partial charge is 0.461 e. The third-order valence-corrected chi connectivity index (χ3v) is 8.79. The molecule has 1 saturated heterocycles. The molecule has 0 saturated carbocycles. The molecule has 3 aromatic carbocycles. The van der Waals surface area contributed by atoms with Gasteiger partial charge in [-0.2, -0.15) is 11.8 Å². The van der Waals surface area contributed by atoms with E-state index >= 15 is 0 Å². The minimum Gasteiger partial charge on any atom is -0.461 e. The molecule has 1 atom stereocenters. The summed E-state index contributed by atoms with van der Waals surface area (Å²) in [6.45, 7) is 2.83. The van der Waals surface area contributed by atoms with Crippen molar-refractivity contribution in [2.75, 3.05) is 43.6 Å². The molecule has 4 aromatic rings. The van der Waals surface area contributed by atoms with Gasteiger partial charge >= 0.3 is 5.97 Å². The first-order valence-electron chi connectivity index (χ1n) is 15.4. The van der Waals surface area contributed by atoms with Crippen LogP contribution >= 0.6 is 11.8 Å². The van der Waals surface area contributed by atoms with Crippen molar-refractivity contribution in [1.82, 2.24) is 19.8 Å². The monoisotopic (exact) mass is 647 g/mol. The maximum Gasteiger partial charge on any atom is 0.328 e. The highest BCUT2D eigenvalue weighted by Crippen LogP contribution is 2.33. The zero-order valence-electron chi connectivity index (χ0n) is 26.1. The number of esters is 1. The average molecular weight is 648 g/mol. The van der Waals surface area contributed by atoms with Crippen LogP contribution in [0.5, 0.6) is 0 Å². The van der Waals surface area contributed by atoms with Gasteiger partial charge in [-0.05, 0) is 104 Å². The molecule has 0 unspecified atom stereocenters. The highest BCUT2D eigenvalue weighted by molar-refractivity contribution is 7.98. The molecule has 0 aliphatic carbocycles. The Balaban J connectivity index is 1.46. The van der Waals surface area contributed by atoms with E-state index in [1.807, 2.05) is 41.1 Å². The maximum absolute atomic E-state index is 14.0. The maximum atomic E-state index is 14.0. The van der Waals surface area contributed by atoms with Crippen molar-refractivity contribution in [2.45, 2.75) is 38.0 Å². The van der Waals surface area contributed by atoms with Crippen molar-refractivity contribution >= 4 is 35.0 Å². The van der Waals surface area contributed by atoms with E-state index in [0.29, 0.717) is 42.0 Å². The normalized spacial score (nSPS) is 14.5. The molecule has 5 rings (SSSR count). The van der Waals surface area contributed by atoms with Crippen LogP contribution < -0.4 is 10.2 Å². The van der Waals surface area contributed by atoms with Gasteiger partial charge in [-0.15, -0.1) is 0 Å². The molecule has 1 fully saturated rings. The molecule has 0 radical (unpaired) electrons. The second kappa shape index (κ2) is 15.9. The highest BCUT2D eigenvalue weighted by atomic mass is 32.2. The standard InChI is InChI=1S/C35H39F2N5O3S/c1-40-17-13-30(14-18-40)45-35(44)33(15-22-46-2)39-34(43)31-12-11-29(23-32(31)25-3-5-26(36)6-4-25)42(21-20-41-19-16-38-24-41)28-9-7-27(37)8-10-28/h3-12,16,19,23-24,30,33H,13-15,17-18,20-22H2,1-2H3,(H,39,43)/t33-/m0/s1. The molecule has 1 N–H and O–H groups in total. The van der Waals surface area contributed by atoms with E-state index in [0.717, 1.165) is 37.3 Å². The zero-order valence-corrected chi connectivity index (χ0v) is 26.9. The van der Waals surface area contributed by atoms with Crippen LogP contribution in [0.15, 0.2) is 85.5 Å². The number of piperidine rings is 1. The first-order valence-corrected chi connectivity index (χ1v) is 16.8. The van der Waals surface area contributed by atoms with Crippen LogP contribution in [0.1, 0.15) is 29.6 Å². The summed E-state index contributed by atoms with van der Waals surface area (Å²) in [4.78, 5) is 35.6. The second-order valence-electron chi connectivity index (χ2n) is 11.4. The first kappa shape index (κ1) is 33.2. The number of ether oxygens (including phenoxy) is 1. The van der Waals surface area contributed by atoms with E-state index in [4.69, 9.17) is 4.74 Å². The quantitative estimate of drug-likeness (QED) is 0.174. The van der Waals surface area contributed by atoms with Crippen molar-refractivity contribution in [2.24, 2.45) is 0 Å². The van der Waals surface area contributed by atoms with Crippen molar-refractivity contribution in [3.8, 4) is 11.1 Å². The lowest BCUT2D eigenvalue weighted by molar-refractivity contribution is -0.153. The molecule has 242 valence electrons. The fourth-order valence-electron chi connectivity index (χ4n) is 5.50. The first-order chi connectivity index (χ1) is 22.3. The van der Waals surface area contributed by atoms with Crippen LogP contribution in [0.2, 0.25) is 0 Å². The summed E-state index contributed by atoms with van der Waals surface area (Å²) >= 11 is 1.59. The molecular weight excluding hydrogens is 608 g/mol. The Hall–Kier alpha value is -4.22. The number of aromatic nitrogens is 2. The van der Waals surface area contributed by atoms with Crippen molar-refractivity contribution in [1.29, 1.82) is 0 Å². The fourth-order valence-corrected chi connectivity index (χ4v) is 5.97. The number of hydrogen-bond donors (Lipinski definition) is 1. The van der Waals surface area contributed by atoms with Crippen molar-refractivity contribution in [3.05, 3.63) is 103 Å². The fraction of sp³-hybridized carbons (Fsp3) is 0.343. The predicted octanol–water partition coefficient (Wildman–Crippen LogP) is 6.16. The van der Waals surface area contributed by atoms with Crippen LogP contribution in [-0.2, 0) is 16.1 Å². The number of imidazole rings is 1. The number of thioether (sulfide) groups is 1. The number of carbonyl (C=O) groups is 2. The van der Waals surface area contributed by atoms with Gasteiger partial charge < -0.3 is 24.4 Å². The summed E-state index contributed by atoms with van der Waals surface area (Å²) in [6.07, 6.45) is 9.02. The van der Waals surface area contributed by atoms with Crippen LogP contribution in [0.3, 0.4) is 0 Å². The van der Waals surface area contributed by atoms with Crippen LogP contribution in [0.25, 0.3) is 11.1 Å². The van der Waals surface area contributed by atoms with Gasteiger partial charge in [0.15, 0.2) is 0 Å². The number of rotatable bonds is 13. The molecule has 0 spiro atoms. The smallest absolute Gasteiger partial charge is 0.328 e. The summed E-state index contributed by atoms with van der Waals surface area (Å²) < 4.78 is 35.6. The average Bonchev–Trinajstić information content (AvgIpc) is 3.59. The number of halogens is 2. The van der Waals surface area contributed by atoms with Gasteiger partial charge in [0, 0.05) is 55.5 Å². The Bertz CT molecular complexity index is 1580. The molecule has 1 aromatic heterocycles. The van der Waals surface area contributed by atoms with E-state index in [9.17, 15) is 18.4 Å². The Morgan fingerprint density at radius 3 is 2.35 bits per heavy atom. The third kappa shape index (κ3) is 8.73. The zero-order chi connectivity index (χ0) is 32.5. The Labute approximate surface area is 272 Å². The number of hydrogen-bond acceptors (Lipinski definition) is 7. The summed E-state index contributed by atoms with van der Waals surface area (Å²) in [5.41, 5.74) is 3.06. The van der Waals surface area contributed by atoms with Gasteiger partial charge in [-0.3, -0.25) is 4.79 Å². The Morgan fingerprint density at radius 1 is 1.02 bits per heavy atom. The molecule has 2 heterocycles. The molecular formula is C35H39F2N5O3S. The summed E-state index contributed by atoms with van der Waals surface area (Å²) in [5, 5.41) is 2.94. The number of nitrogens with one attached hydrogen (secondary N) is 1. The predicted molar refractivity (Wildman–Crippen MR) is 178 cm³/mol. The van der Waals surface area contributed by atoms with Gasteiger partial charge in [0.05, 0.1) is 6.33 Å². The highest BCUT2D eigenvalue weighted by Gasteiger charge is 2.28. The molecule has 1 aliphatic rings. The number of carbonyl (C=O) groups excluding carboxylic acids is 2. The minimum absolute atomic E-state index is 0.175. The van der Waals surface area contributed by atoms with E-state index in [1.165, 1.54) is 24.3 Å². The lowest BCUT2D eigenvalue weighted by Crippen LogP contribution is -2.45.